The molecule has 8 heteroatoms. The summed E-state index contributed by atoms with van der Waals surface area (Å²) >= 11 is 0. The molecule has 2 aliphatic rings. The molecule has 4 rings (SSSR count). The first kappa shape index (κ1) is 18.3. The van der Waals surface area contributed by atoms with Crippen LogP contribution in [0.2, 0.25) is 0 Å². The standard InChI is InChI=1S/C20H20F2N4O2/c21-16-4-3-14(9-17(16)22)11-24-19(27)15-5-6-23-18(10-15)26-8-7-25(20(26)28)12-13-1-2-13/h3-6,9-10,13H,1-2,7-8,11-12H2,(H,24,27). The Bertz CT molecular complexity index is 917. The lowest BCUT2D eigenvalue weighted by Gasteiger charge is -2.18. The molecule has 0 radical (unpaired) electrons. The normalized spacial score (nSPS) is 16.6. The number of pyridine rings is 1. The molecule has 2 heterocycles. The van der Waals surface area contributed by atoms with E-state index in [4.69, 9.17) is 0 Å². The Morgan fingerprint density at radius 2 is 1.96 bits per heavy atom. The van der Waals surface area contributed by atoms with Crippen LogP contribution in [0.4, 0.5) is 19.4 Å². The molecular formula is C20H20F2N4O2. The summed E-state index contributed by atoms with van der Waals surface area (Å²) in [4.78, 5) is 32.6. The van der Waals surface area contributed by atoms with Crippen molar-refractivity contribution in [2.24, 2.45) is 5.92 Å². The molecule has 6 nitrogen and oxygen atoms in total. The molecule has 28 heavy (non-hydrogen) atoms. The van der Waals surface area contributed by atoms with Crippen molar-refractivity contribution >= 4 is 17.8 Å². The van der Waals surface area contributed by atoms with E-state index < -0.39 is 11.6 Å². The molecule has 0 spiro atoms. The van der Waals surface area contributed by atoms with Gasteiger partial charge in [-0.25, -0.2) is 18.6 Å². The number of benzene rings is 1. The molecule has 1 aliphatic heterocycles. The van der Waals surface area contributed by atoms with Crippen molar-refractivity contribution in [3.05, 3.63) is 59.3 Å². The van der Waals surface area contributed by atoms with Crippen molar-refractivity contribution in [3.8, 4) is 0 Å². The van der Waals surface area contributed by atoms with E-state index in [-0.39, 0.29) is 18.5 Å². The van der Waals surface area contributed by atoms with Gasteiger partial charge in [-0.1, -0.05) is 6.07 Å². The number of hydrogen-bond donors (Lipinski definition) is 1. The molecule has 0 bridgehead atoms. The van der Waals surface area contributed by atoms with Gasteiger partial charge in [-0.2, -0.15) is 0 Å². The lowest BCUT2D eigenvalue weighted by atomic mass is 10.2. The summed E-state index contributed by atoms with van der Waals surface area (Å²) in [5.74, 6) is -1.22. The Morgan fingerprint density at radius 1 is 1.14 bits per heavy atom. The van der Waals surface area contributed by atoms with Gasteiger partial charge in [0.2, 0.25) is 0 Å². The number of nitrogens with one attached hydrogen (secondary N) is 1. The van der Waals surface area contributed by atoms with Gasteiger partial charge in [-0.05, 0) is 48.6 Å². The molecule has 1 aromatic heterocycles. The van der Waals surface area contributed by atoms with E-state index >= 15 is 0 Å². The molecule has 0 unspecified atom stereocenters. The van der Waals surface area contributed by atoms with Crippen molar-refractivity contribution in [2.45, 2.75) is 19.4 Å². The van der Waals surface area contributed by atoms with Crippen LogP contribution in [0.3, 0.4) is 0 Å². The Labute approximate surface area is 161 Å². The predicted octanol–water partition coefficient (Wildman–Crippen LogP) is 2.94. The van der Waals surface area contributed by atoms with Crippen LogP contribution < -0.4 is 10.2 Å². The van der Waals surface area contributed by atoms with E-state index in [2.05, 4.69) is 10.3 Å². The summed E-state index contributed by atoms with van der Waals surface area (Å²) in [5.41, 5.74) is 0.799. The number of anilines is 1. The van der Waals surface area contributed by atoms with E-state index in [1.807, 2.05) is 4.90 Å². The molecule has 146 valence electrons. The number of nitrogens with zero attached hydrogens (tertiary/aromatic N) is 3. The quantitative estimate of drug-likeness (QED) is 0.830. The lowest BCUT2D eigenvalue weighted by Crippen LogP contribution is -2.33. The fraction of sp³-hybridized carbons (Fsp3) is 0.350. The number of aromatic nitrogens is 1. The van der Waals surface area contributed by atoms with Crippen molar-refractivity contribution < 1.29 is 18.4 Å². The number of carbonyl (C=O) groups excluding carboxylic acids is 2. The molecule has 1 aromatic carbocycles. The zero-order chi connectivity index (χ0) is 19.7. The average Bonchev–Trinajstić information content (AvgIpc) is 3.45. The highest BCUT2D eigenvalue weighted by Crippen LogP contribution is 2.31. The van der Waals surface area contributed by atoms with Crippen LogP contribution in [0.5, 0.6) is 0 Å². The first-order chi connectivity index (χ1) is 13.5. The Balaban J connectivity index is 1.40. The van der Waals surface area contributed by atoms with Gasteiger partial charge in [-0.3, -0.25) is 9.69 Å². The minimum absolute atomic E-state index is 0.0610. The van der Waals surface area contributed by atoms with Crippen LogP contribution in [0, 0.1) is 17.6 Å². The van der Waals surface area contributed by atoms with Crippen molar-refractivity contribution in [3.63, 3.8) is 0 Å². The fourth-order valence-corrected chi connectivity index (χ4v) is 3.22. The highest BCUT2D eigenvalue weighted by molar-refractivity contribution is 5.97. The second-order valence-electron chi connectivity index (χ2n) is 7.16. The van der Waals surface area contributed by atoms with Crippen LogP contribution in [-0.2, 0) is 6.54 Å². The summed E-state index contributed by atoms with van der Waals surface area (Å²) in [7, 11) is 0. The molecule has 3 amide bonds. The third kappa shape index (κ3) is 3.95. The maximum absolute atomic E-state index is 13.3. The maximum atomic E-state index is 13.3. The van der Waals surface area contributed by atoms with Crippen molar-refractivity contribution in [2.75, 3.05) is 24.5 Å². The van der Waals surface area contributed by atoms with E-state index in [0.29, 0.717) is 36.0 Å². The van der Waals surface area contributed by atoms with Gasteiger partial charge in [0.15, 0.2) is 11.6 Å². The zero-order valence-corrected chi connectivity index (χ0v) is 15.2. The highest BCUT2D eigenvalue weighted by atomic mass is 19.2. The third-order valence-electron chi connectivity index (χ3n) is 4.99. The monoisotopic (exact) mass is 386 g/mol. The van der Waals surface area contributed by atoms with Gasteiger partial charge in [0.25, 0.3) is 5.91 Å². The van der Waals surface area contributed by atoms with Gasteiger partial charge in [0.1, 0.15) is 5.82 Å². The molecule has 1 aliphatic carbocycles. The SMILES string of the molecule is O=C(NCc1ccc(F)c(F)c1)c1ccnc(N2CCN(CC3CC3)C2=O)c1. The van der Waals surface area contributed by atoms with Gasteiger partial charge in [0.05, 0.1) is 0 Å². The molecule has 0 atom stereocenters. The first-order valence-corrected chi connectivity index (χ1v) is 9.26. The Kier molecular flexibility index (Phi) is 4.93. The molecule has 1 N–H and O–H groups in total. The largest absolute Gasteiger partial charge is 0.348 e. The van der Waals surface area contributed by atoms with Gasteiger partial charge >= 0.3 is 6.03 Å². The fourth-order valence-electron chi connectivity index (χ4n) is 3.22. The first-order valence-electron chi connectivity index (χ1n) is 9.26. The van der Waals surface area contributed by atoms with Crippen molar-refractivity contribution in [1.82, 2.24) is 15.2 Å². The second kappa shape index (κ2) is 7.53. The van der Waals surface area contributed by atoms with Crippen LogP contribution in [0.25, 0.3) is 0 Å². The Morgan fingerprint density at radius 3 is 2.71 bits per heavy atom. The third-order valence-corrected chi connectivity index (χ3v) is 4.99. The predicted molar refractivity (Wildman–Crippen MR) is 98.8 cm³/mol. The molecule has 1 saturated heterocycles. The minimum Gasteiger partial charge on any atom is -0.348 e. The van der Waals surface area contributed by atoms with E-state index in [0.717, 1.165) is 18.7 Å². The summed E-state index contributed by atoms with van der Waals surface area (Å²) < 4.78 is 26.2. The number of rotatable bonds is 6. The minimum atomic E-state index is -0.957. The highest BCUT2D eigenvalue weighted by Gasteiger charge is 2.34. The van der Waals surface area contributed by atoms with Crippen molar-refractivity contribution in [1.29, 1.82) is 0 Å². The van der Waals surface area contributed by atoms with E-state index in [1.165, 1.54) is 25.1 Å². The van der Waals surface area contributed by atoms with E-state index in [9.17, 15) is 18.4 Å². The van der Waals surface area contributed by atoms with Gasteiger partial charge in [-0.15, -0.1) is 0 Å². The van der Waals surface area contributed by atoms with Crippen LogP contribution in [0.15, 0.2) is 36.5 Å². The summed E-state index contributed by atoms with van der Waals surface area (Å²) in [6.07, 6.45) is 3.84. The smallest absolute Gasteiger partial charge is 0.325 e. The van der Waals surface area contributed by atoms with Gasteiger partial charge in [0, 0.05) is 37.9 Å². The molecule has 2 fully saturated rings. The average molecular weight is 386 g/mol. The number of hydrogen-bond acceptors (Lipinski definition) is 3. The van der Waals surface area contributed by atoms with Gasteiger partial charge < -0.3 is 10.2 Å². The number of amides is 3. The second-order valence-corrected chi connectivity index (χ2v) is 7.16. The van der Waals surface area contributed by atoms with Crippen LogP contribution in [-0.4, -0.2) is 41.5 Å². The molecular weight excluding hydrogens is 366 g/mol. The summed E-state index contributed by atoms with van der Waals surface area (Å²) in [6.45, 7) is 2.04. The maximum Gasteiger partial charge on any atom is 0.325 e. The zero-order valence-electron chi connectivity index (χ0n) is 15.2. The number of carbonyl (C=O) groups is 2. The number of halogens is 2. The summed E-state index contributed by atoms with van der Waals surface area (Å²) in [6, 6.07) is 6.51. The molecule has 1 saturated carbocycles. The van der Waals surface area contributed by atoms with E-state index in [1.54, 1.807) is 17.0 Å². The number of urea groups is 1. The van der Waals surface area contributed by atoms with Crippen LogP contribution >= 0.6 is 0 Å². The van der Waals surface area contributed by atoms with Crippen LogP contribution in [0.1, 0.15) is 28.8 Å². The lowest BCUT2D eigenvalue weighted by molar-refractivity contribution is 0.0950. The Hall–Kier alpha value is -3.03. The summed E-state index contributed by atoms with van der Waals surface area (Å²) in [5, 5.41) is 2.66. The topological polar surface area (TPSA) is 65.5 Å². The molecule has 2 aromatic rings.